The number of aryl methyl sites for hydroxylation is 2. The third kappa shape index (κ3) is 3.32. The van der Waals surface area contributed by atoms with E-state index in [4.69, 9.17) is 10.1 Å². The molecule has 0 saturated carbocycles. The minimum Gasteiger partial charge on any atom is -0.308 e. The minimum atomic E-state index is -0.0536. The molecule has 0 atom stereocenters. The highest BCUT2D eigenvalue weighted by atomic mass is 79.9. The zero-order valence-corrected chi connectivity index (χ0v) is 18.2. The van der Waals surface area contributed by atoms with Crippen LogP contribution in [-0.2, 0) is 13.1 Å². The molecule has 9 heteroatoms. The van der Waals surface area contributed by atoms with E-state index in [0.29, 0.717) is 18.9 Å². The van der Waals surface area contributed by atoms with Crippen LogP contribution in [0.4, 0.5) is 0 Å². The fraction of sp³-hybridized carbons (Fsp3) is 0.200. The molecule has 1 aromatic carbocycles. The van der Waals surface area contributed by atoms with Crippen LogP contribution in [0.2, 0.25) is 0 Å². The van der Waals surface area contributed by atoms with E-state index >= 15 is 0 Å². The van der Waals surface area contributed by atoms with Crippen LogP contribution >= 0.6 is 28.3 Å². The van der Waals surface area contributed by atoms with Gasteiger partial charge in [0.1, 0.15) is 0 Å². The van der Waals surface area contributed by atoms with E-state index in [1.54, 1.807) is 16.8 Å². The Morgan fingerprint density at radius 3 is 2.79 bits per heavy atom. The largest absolute Gasteiger partial charge is 0.308 e. The number of benzene rings is 1. The second-order valence-electron chi connectivity index (χ2n) is 6.99. The molecule has 3 aromatic heterocycles. The molecule has 0 radical (unpaired) electrons. The van der Waals surface area contributed by atoms with Gasteiger partial charge >= 0.3 is 0 Å². The lowest BCUT2D eigenvalue weighted by molar-refractivity contribution is 0.641. The SMILES string of the molecule is Cc1ccn(Cc2nc3n(n2)Cc2c(C)ncn2-c2ccc(Br)cc2-3)c(=O)c1.Cl. The second kappa shape index (κ2) is 7.27. The monoisotopic (exact) mass is 472 g/mol. The average Bonchev–Trinajstić information content (AvgIpc) is 3.19. The van der Waals surface area contributed by atoms with Gasteiger partial charge in [0, 0.05) is 22.3 Å². The van der Waals surface area contributed by atoms with Gasteiger partial charge in [0.15, 0.2) is 11.6 Å². The lowest BCUT2D eigenvalue weighted by atomic mass is 10.1. The summed E-state index contributed by atoms with van der Waals surface area (Å²) in [4.78, 5) is 21.5. The van der Waals surface area contributed by atoms with E-state index in [-0.39, 0.29) is 18.0 Å². The highest BCUT2D eigenvalue weighted by Gasteiger charge is 2.24. The number of hydrogen-bond acceptors (Lipinski definition) is 4. The van der Waals surface area contributed by atoms with Gasteiger partial charge in [-0.15, -0.1) is 12.4 Å². The number of aromatic nitrogens is 6. The molecular weight excluding hydrogens is 456 g/mol. The smallest absolute Gasteiger partial charge is 0.251 e. The second-order valence-corrected chi connectivity index (χ2v) is 7.90. The molecule has 0 fully saturated rings. The number of pyridine rings is 1. The Hall–Kier alpha value is -2.71. The lowest BCUT2D eigenvalue weighted by Crippen LogP contribution is -2.20. The number of rotatable bonds is 2. The van der Waals surface area contributed by atoms with Gasteiger partial charge in [-0.25, -0.2) is 14.6 Å². The van der Waals surface area contributed by atoms with Crippen LogP contribution in [0.25, 0.3) is 17.1 Å². The maximum absolute atomic E-state index is 12.2. The van der Waals surface area contributed by atoms with Crippen molar-refractivity contribution in [1.29, 1.82) is 0 Å². The number of nitrogens with zero attached hydrogens (tertiary/aromatic N) is 6. The molecule has 0 N–H and O–H groups in total. The molecule has 0 saturated heterocycles. The van der Waals surface area contributed by atoms with Gasteiger partial charge in [0.05, 0.1) is 36.5 Å². The van der Waals surface area contributed by atoms with E-state index in [1.807, 2.05) is 43.1 Å². The Morgan fingerprint density at radius 1 is 1.17 bits per heavy atom. The summed E-state index contributed by atoms with van der Waals surface area (Å²) in [6.45, 7) is 4.81. The molecule has 0 aliphatic carbocycles. The molecule has 29 heavy (non-hydrogen) atoms. The highest BCUT2D eigenvalue weighted by Crippen LogP contribution is 2.33. The molecule has 0 spiro atoms. The zero-order valence-electron chi connectivity index (χ0n) is 15.8. The van der Waals surface area contributed by atoms with Gasteiger partial charge in [-0.1, -0.05) is 15.9 Å². The van der Waals surface area contributed by atoms with Gasteiger partial charge in [0.2, 0.25) is 0 Å². The summed E-state index contributed by atoms with van der Waals surface area (Å²) in [7, 11) is 0. The van der Waals surface area contributed by atoms with Crippen molar-refractivity contribution in [3.63, 3.8) is 0 Å². The van der Waals surface area contributed by atoms with Crippen LogP contribution in [-0.4, -0.2) is 28.9 Å². The first kappa shape index (κ1) is 19.6. The first-order valence-electron chi connectivity index (χ1n) is 8.93. The van der Waals surface area contributed by atoms with Gasteiger partial charge in [-0.05, 0) is 43.7 Å². The summed E-state index contributed by atoms with van der Waals surface area (Å²) in [6, 6.07) is 9.64. The summed E-state index contributed by atoms with van der Waals surface area (Å²) in [5.74, 6) is 1.40. The van der Waals surface area contributed by atoms with E-state index in [1.165, 1.54) is 0 Å². The van der Waals surface area contributed by atoms with Crippen molar-refractivity contribution in [1.82, 2.24) is 28.9 Å². The van der Waals surface area contributed by atoms with Crippen molar-refractivity contribution in [2.24, 2.45) is 0 Å². The summed E-state index contributed by atoms with van der Waals surface area (Å²) in [6.07, 6.45) is 3.63. The van der Waals surface area contributed by atoms with Gasteiger partial charge in [-0.3, -0.25) is 4.79 Å². The molecule has 5 rings (SSSR count). The van der Waals surface area contributed by atoms with E-state index in [0.717, 1.165) is 38.5 Å². The molecule has 7 nitrogen and oxygen atoms in total. The fourth-order valence-corrected chi connectivity index (χ4v) is 3.92. The maximum atomic E-state index is 12.2. The van der Waals surface area contributed by atoms with Crippen LogP contribution in [0.1, 0.15) is 22.8 Å². The number of fused-ring (bicyclic) bond motifs is 5. The Balaban J connectivity index is 0.00000205. The number of imidazole rings is 1. The molecule has 0 bridgehead atoms. The molecule has 0 unspecified atom stereocenters. The van der Waals surface area contributed by atoms with Crippen LogP contribution < -0.4 is 5.56 Å². The normalized spacial score (nSPS) is 11.8. The van der Waals surface area contributed by atoms with Gasteiger partial charge < -0.3 is 9.13 Å². The summed E-state index contributed by atoms with van der Waals surface area (Å²) < 4.78 is 6.59. The van der Waals surface area contributed by atoms with Crippen molar-refractivity contribution in [3.8, 4) is 17.1 Å². The highest BCUT2D eigenvalue weighted by molar-refractivity contribution is 9.10. The van der Waals surface area contributed by atoms with Gasteiger partial charge in [0.25, 0.3) is 5.56 Å². The Bertz CT molecular complexity index is 1290. The molecule has 0 amide bonds. The summed E-state index contributed by atoms with van der Waals surface area (Å²) >= 11 is 3.56. The predicted molar refractivity (Wildman–Crippen MR) is 116 cm³/mol. The van der Waals surface area contributed by atoms with Crippen molar-refractivity contribution in [3.05, 3.63) is 80.5 Å². The molecule has 148 valence electrons. The summed E-state index contributed by atoms with van der Waals surface area (Å²) in [5, 5.41) is 4.71. The third-order valence-electron chi connectivity index (χ3n) is 5.01. The summed E-state index contributed by atoms with van der Waals surface area (Å²) in [5.41, 5.74) is 4.92. The molecule has 1 aliphatic rings. The van der Waals surface area contributed by atoms with E-state index in [2.05, 4.69) is 31.5 Å². The van der Waals surface area contributed by atoms with Crippen LogP contribution in [0.5, 0.6) is 0 Å². The Labute approximate surface area is 181 Å². The maximum Gasteiger partial charge on any atom is 0.251 e. The minimum absolute atomic E-state index is 0. The quantitative estimate of drug-likeness (QED) is 0.393. The molecule has 4 heterocycles. The van der Waals surface area contributed by atoms with Crippen molar-refractivity contribution < 1.29 is 0 Å². The molecule has 1 aliphatic heterocycles. The van der Waals surface area contributed by atoms with E-state index < -0.39 is 0 Å². The third-order valence-corrected chi connectivity index (χ3v) is 5.51. The van der Waals surface area contributed by atoms with Crippen LogP contribution in [0.3, 0.4) is 0 Å². The lowest BCUT2D eigenvalue weighted by Gasteiger charge is -2.09. The predicted octanol–water partition coefficient (Wildman–Crippen LogP) is 3.50. The van der Waals surface area contributed by atoms with E-state index in [9.17, 15) is 4.79 Å². The Morgan fingerprint density at radius 2 is 2.00 bits per heavy atom. The number of hydrogen-bond donors (Lipinski definition) is 0. The van der Waals surface area contributed by atoms with Crippen molar-refractivity contribution >= 4 is 28.3 Å². The average molecular weight is 474 g/mol. The first-order valence-corrected chi connectivity index (χ1v) is 9.73. The number of halogens is 2. The van der Waals surface area contributed by atoms with Crippen LogP contribution in [0, 0.1) is 13.8 Å². The molecular formula is C20H18BrClN6O. The first-order chi connectivity index (χ1) is 13.5. The van der Waals surface area contributed by atoms with Crippen molar-refractivity contribution in [2.75, 3.05) is 0 Å². The van der Waals surface area contributed by atoms with Crippen LogP contribution in [0.15, 0.2) is 52.1 Å². The standard InChI is InChI=1S/C20H17BrN6O.ClH/c1-12-5-6-25(19(28)7-12)10-18-23-20-15-8-14(21)3-4-16(15)26-11-22-13(2)17(26)9-27(20)24-18;/h3-8,11H,9-10H2,1-2H3;1H. The Kier molecular flexibility index (Phi) is 4.92. The van der Waals surface area contributed by atoms with Gasteiger partial charge in [-0.2, -0.15) is 5.10 Å². The fourth-order valence-electron chi connectivity index (χ4n) is 3.56. The topological polar surface area (TPSA) is 70.5 Å². The zero-order chi connectivity index (χ0) is 19.4. The van der Waals surface area contributed by atoms with Crippen molar-refractivity contribution in [2.45, 2.75) is 26.9 Å². The molecule has 4 aromatic rings.